The summed E-state index contributed by atoms with van der Waals surface area (Å²) in [4.78, 5) is 14.1. The smallest absolute Gasteiger partial charge is 0.257 e. The second-order valence-corrected chi connectivity index (χ2v) is 4.37. The Hall–Kier alpha value is -2.10. The van der Waals surface area contributed by atoms with Crippen molar-refractivity contribution >= 4 is 5.91 Å². The minimum atomic E-state index is 0.0460. The van der Waals surface area contributed by atoms with Crippen LogP contribution in [0.1, 0.15) is 29.9 Å². The van der Waals surface area contributed by atoms with Crippen molar-refractivity contribution < 1.29 is 4.79 Å². The molecular formula is C15H19N3O. The number of hydrogen-bond donors (Lipinski definition) is 0. The summed E-state index contributed by atoms with van der Waals surface area (Å²) in [5.41, 5.74) is 2.52. The lowest BCUT2D eigenvalue weighted by Gasteiger charge is -2.18. The summed E-state index contributed by atoms with van der Waals surface area (Å²) in [5.74, 6) is 0.0460. The third-order valence-electron chi connectivity index (χ3n) is 3.29. The van der Waals surface area contributed by atoms with Crippen molar-refractivity contribution in [3.05, 3.63) is 47.8 Å². The Kier molecular flexibility index (Phi) is 4.00. The molecule has 1 heterocycles. The summed E-state index contributed by atoms with van der Waals surface area (Å²) >= 11 is 0. The molecule has 0 spiro atoms. The average molecular weight is 257 g/mol. The molecule has 0 aliphatic carbocycles. The molecule has 0 N–H and O–H groups in total. The Morgan fingerprint density at radius 3 is 2.42 bits per heavy atom. The van der Waals surface area contributed by atoms with Crippen molar-refractivity contribution in [3.63, 3.8) is 0 Å². The van der Waals surface area contributed by atoms with Crippen molar-refractivity contribution in [3.8, 4) is 5.69 Å². The first-order valence-corrected chi connectivity index (χ1v) is 6.58. The molecule has 1 amide bonds. The van der Waals surface area contributed by atoms with Crippen molar-refractivity contribution in [1.82, 2.24) is 14.7 Å². The second-order valence-electron chi connectivity index (χ2n) is 4.37. The third-order valence-corrected chi connectivity index (χ3v) is 3.29. The molecule has 0 bridgehead atoms. The minimum absolute atomic E-state index is 0.0460. The van der Waals surface area contributed by atoms with Gasteiger partial charge in [-0.2, -0.15) is 5.10 Å². The Bertz CT molecular complexity index is 556. The molecule has 0 radical (unpaired) electrons. The molecule has 0 aliphatic rings. The van der Waals surface area contributed by atoms with E-state index in [1.54, 1.807) is 15.8 Å². The number of nitrogens with zero attached hydrogens (tertiary/aromatic N) is 3. The number of amides is 1. The zero-order valence-corrected chi connectivity index (χ0v) is 11.6. The van der Waals surface area contributed by atoms with Gasteiger partial charge in [-0.05, 0) is 32.9 Å². The van der Waals surface area contributed by atoms with Crippen LogP contribution in [0.15, 0.2) is 36.5 Å². The molecular weight excluding hydrogens is 238 g/mol. The van der Waals surface area contributed by atoms with Crippen LogP contribution in [0.3, 0.4) is 0 Å². The van der Waals surface area contributed by atoms with Gasteiger partial charge in [0.2, 0.25) is 0 Å². The highest BCUT2D eigenvalue weighted by Gasteiger charge is 2.18. The first kappa shape index (κ1) is 13.3. The molecule has 4 heteroatoms. The second kappa shape index (κ2) is 5.69. The van der Waals surface area contributed by atoms with E-state index in [1.807, 2.05) is 51.1 Å². The van der Waals surface area contributed by atoms with E-state index in [9.17, 15) is 4.79 Å². The number of carbonyl (C=O) groups excluding carboxylic acids is 1. The normalized spacial score (nSPS) is 10.5. The number of carbonyl (C=O) groups is 1. The van der Waals surface area contributed by atoms with Crippen LogP contribution in [0.25, 0.3) is 5.69 Å². The van der Waals surface area contributed by atoms with E-state index < -0.39 is 0 Å². The lowest BCUT2D eigenvalue weighted by Crippen LogP contribution is -2.30. The highest BCUT2D eigenvalue weighted by Crippen LogP contribution is 2.15. The van der Waals surface area contributed by atoms with E-state index in [1.165, 1.54) is 0 Å². The Labute approximate surface area is 113 Å². The number of para-hydroxylation sites is 1. The van der Waals surface area contributed by atoms with Gasteiger partial charge in [-0.25, -0.2) is 4.68 Å². The van der Waals surface area contributed by atoms with Crippen LogP contribution in [0.2, 0.25) is 0 Å². The molecule has 0 fully saturated rings. The quantitative estimate of drug-likeness (QED) is 0.844. The first-order valence-electron chi connectivity index (χ1n) is 6.58. The zero-order chi connectivity index (χ0) is 13.8. The Balaban J connectivity index is 2.36. The lowest BCUT2D eigenvalue weighted by atomic mass is 10.2. The number of rotatable bonds is 4. The largest absolute Gasteiger partial charge is 0.339 e. The van der Waals surface area contributed by atoms with Gasteiger partial charge in [-0.3, -0.25) is 4.79 Å². The predicted octanol–water partition coefficient (Wildman–Crippen LogP) is 2.66. The highest BCUT2D eigenvalue weighted by molar-refractivity contribution is 5.95. The summed E-state index contributed by atoms with van der Waals surface area (Å²) in [6.07, 6.45) is 1.66. The fraction of sp³-hybridized carbons (Fsp3) is 0.333. The highest BCUT2D eigenvalue weighted by atomic mass is 16.2. The van der Waals surface area contributed by atoms with Crippen molar-refractivity contribution in [1.29, 1.82) is 0 Å². The van der Waals surface area contributed by atoms with Crippen LogP contribution in [-0.2, 0) is 0 Å². The zero-order valence-electron chi connectivity index (χ0n) is 11.6. The van der Waals surface area contributed by atoms with Crippen LogP contribution in [0.4, 0.5) is 0 Å². The number of benzene rings is 1. The molecule has 4 nitrogen and oxygen atoms in total. The standard InChI is InChI=1S/C15H19N3O/c1-4-17(5-2)15(19)14-11-16-18(12(14)3)13-9-7-6-8-10-13/h6-11H,4-5H2,1-3H3. The predicted molar refractivity (Wildman–Crippen MR) is 75.6 cm³/mol. The van der Waals surface area contributed by atoms with Crippen molar-refractivity contribution in [2.75, 3.05) is 13.1 Å². The molecule has 0 saturated carbocycles. The van der Waals surface area contributed by atoms with E-state index in [0.717, 1.165) is 11.4 Å². The van der Waals surface area contributed by atoms with Crippen LogP contribution in [0.5, 0.6) is 0 Å². The van der Waals surface area contributed by atoms with Gasteiger partial charge < -0.3 is 4.90 Å². The van der Waals surface area contributed by atoms with Gasteiger partial charge in [0, 0.05) is 13.1 Å². The maximum absolute atomic E-state index is 12.3. The molecule has 1 aromatic heterocycles. The molecule has 2 rings (SSSR count). The van der Waals surface area contributed by atoms with E-state index in [2.05, 4.69) is 5.10 Å². The SMILES string of the molecule is CCN(CC)C(=O)c1cnn(-c2ccccc2)c1C. The van der Waals surface area contributed by atoms with Crippen LogP contribution in [-0.4, -0.2) is 33.7 Å². The average Bonchev–Trinajstić information content (AvgIpc) is 2.83. The maximum Gasteiger partial charge on any atom is 0.257 e. The van der Waals surface area contributed by atoms with Gasteiger partial charge >= 0.3 is 0 Å². The molecule has 0 unspecified atom stereocenters. The molecule has 0 saturated heterocycles. The molecule has 2 aromatic rings. The van der Waals surface area contributed by atoms with Gasteiger partial charge in [-0.1, -0.05) is 18.2 Å². The van der Waals surface area contributed by atoms with Crippen LogP contribution < -0.4 is 0 Å². The van der Waals surface area contributed by atoms with E-state index in [0.29, 0.717) is 18.7 Å². The van der Waals surface area contributed by atoms with Gasteiger partial charge in [-0.15, -0.1) is 0 Å². The monoisotopic (exact) mass is 257 g/mol. The third kappa shape index (κ3) is 2.52. The molecule has 100 valence electrons. The fourth-order valence-corrected chi connectivity index (χ4v) is 2.13. The summed E-state index contributed by atoms with van der Waals surface area (Å²) in [6.45, 7) is 7.32. The lowest BCUT2D eigenvalue weighted by molar-refractivity contribution is 0.0772. The number of aromatic nitrogens is 2. The first-order chi connectivity index (χ1) is 9.19. The maximum atomic E-state index is 12.3. The van der Waals surface area contributed by atoms with Gasteiger partial charge in [0.1, 0.15) is 0 Å². The molecule has 19 heavy (non-hydrogen) atoms. The van der Waals surface area contributed by atoms with E-state index in [-0.39, 0.29) is 5.91 Å². The van der Waals surface area contributed by atoms with Crippen molar-refractivity contribution in [2.24, 2.45) is 0 Å². The van der Waals surface area contributed by atoms with Gasteiger partial charge in [0.25, 0.3) is 5.91 Å². The summed E-state index contributed by atoms with van der Waals surface area (Å²) in [5, 5.41) is 4.33. The Morgan fingerprint density at radius 1 is 1.21 bits per heavy atom. The van der Waals surface area contributed by atoms with Crippen molar-refractivity contribution in [2.45, 2.75) is 20.8 Å². The summed E-state index contributed by atoms with van der Waals surface area (Å²) in [7, 11) is 0. The fourth-order valence-electron chi connectivity index (χ4n) is 2.13. The Morgan fingerprint density at radius 2 is 1.84 bits per heavy atom. The summed E-state index contributed by atoms with van der Waals surface area (Å²) < 4.78 is 1.80. The van der Waals surface area contributed by atoms with E-state index >= 15 is 0 Å². The molecule has 0 atom stereocenters. The van der Waals surface area contributed by atoms with Gasteiger partial charge in [0.05, 0.1) is 23.1 Å². The molecule has 0 aliphatic heterocycles. The van der Waals surface area contributed by atoms with Crippen LogP contribution in [0, 0.1) is 6.92 Å². The summed E-state index contributed by atoms with van der Waals surface area (Å²) in [6, 6.07) is 9.84. The van der Waals surface area contributed by atoms with E-state index in [4.69, 9.17) is 0 Å². The van der Waals surface area contributed by atoms with Crippen LogP contribution >= 0.6 is 0 Å². The number of hydrogen-bond acceptors (Lipinski definition) is 2. The van der Waals surface area contributed by atoms with Gasteiger partial charge in [0.15, 0.2) is 0 Å². The topological polar surface area (TPSA) is 38.1 Å². The minimum Gasteiger partial charge on any atom is -0.339 e. The molecule has 1 aromatic carbocycles.